The summed E-state index contributed by atoms with van der Waals surface area (Å²) >= 11 is 0. The van der Waals surface area contributed by atoms with E-state index >= 15 is 4.39 Å². The largest absolute Gasteiger partial charge is 0.442 e. The SMILES string of the molecule is CC(=O)NCC1CN(c2ccc(-c3ccc(N4CCN(CC5(C)Cn6cc([N+](=O)[O-])nc6O5)CC4)nc3)c(F)c2)C(=O)O1. The minimum Gasteiger partial charge on any atom is -0.442 e. The number of anilines is 2. The third kappa shape index (κ3) is 5.93. The molecule has 1 N–H and O–H groups in total. The maximum atomic E-state index is 15.2. The predicted molar refractivity (Wildman–Crippen MR) is 152 cm³/mol. The number of nitro groups is 1. The molecule has 43 heavy (non-hydrogen) atoms. The Morgan fingerprint density at radius 2 is 2.02 bits per heavy atom. The molecule has 2 aromatic heterocycles. The van der Waals surface area contributed by atoms with Gasteiger partial charge in [-0.25, -0.2) is 14.2 Å². The molecule has 15 heteroatoms. The van der Waals surface area contributed by atoms with Crippen molar-refractivity contribution in [3.63, 3.8) is 0 Å². The second kappa shape index (κ2) is 11.1. The number of rotatable bonds is 8. The van der Waals surface area contributed by atoms with E-state index in [4.69, 9.17) is 9.47 Å². The summed E-state index contributed by atoms with van der Waals surface area (Å²) in [5.41, 5.74) is 0.831. The van der Waals surface area contributed by atoms with Gasteiger partial charge in [0.1, 0.15) is 29.5 Å². The van der Waals surface area contributed by atoms with E-state index in [2.05, 4.69) is 25.1 Å². The first-order chi connectivity index (χ1) is 20.6. The summed E-state index contributed by atoms with van der Waals surface area (Å²) in [5.74, 6) is -0.130. The van der Waals surface area contributed by atoms with Crippen LogP contribution in [0.5, 0.6) is 6.01 Å². The molecule has 3 aromatic rings. The van der Waals surface area contributed by atoms with Crippen molar-refractivity contribution in [1.29, 1.82) is 0 Å². The molecule has 6 rings (SSSR count). The first-order valence-corrected chi connectivity index (χ1v) is 13.9. The molecule has 0 saturated carbocycles. The average molecular weight is 595 g/mol. The van der Waals surface area contributed by atoms with Crippen molar-refractivity contribution >= 4 is 29.3 Å². The summed E-state index contributed by atoms with van der Waals surface area (Å²) < 4.78 is 28.1. The van der Waals surface area contributed by atoms with Crippen LogP contribution in [0.1, 0.15) is 13.8 Å². The third-order valence-corrected chi connectivity index (χ3v) is 7.79. The van der Waals surface area contributed by atoms with Crippen LogP contribution >= 0.6 is 0 Å². The van der Waals surface area contributed by atoms with Crippen LogP contribution in [-0.4, -0.2) is 93.9 Å². The van der Waals surface area contributed by atoms with Gasteiger partial charge in [-0.1, -0.05) is 0 Å². The number of cyclic esters (lactones) is 1. The Morgan fingerprint density at radius 1 is 1.23 bits per heavy atom. The number of piperazine rings is 1. The number of pyridine rings is 1. The molecule has 2 saturated heterocycles. The van der Waals surface area contributed by atoms with E-state index in [-0.39, 0.29) is 30.8 Å². The molecule has 0 spiro atoms. The van der Waals surface area contributed by atoms with Gasteiger partial charge in [-0.05, 0) is 42.2 Å². The van der Waals surface area contributed by atoms with Crippen LogP contribution in [0.15, 0.2) is 42.7 Å². The number of benzene rings is 1. The number of ether oxygens (including phenoxy) is 2. The first kappa shape index (κ1) is 28.3. The third-order valence-electron chi connectivity index (χ3n) is 7.79. The van der Waals surface area contributed by atoms with Gasteiger partial charge in [-0.3, -0.25) is 19.2 Å². The van der Waals surface area contributed by atoms with Gasteiger partial charge < -0.3 is 29.8 Å². The number of imidazole rings is 1. The fraction of sp³-hybridized carbons (Fsp3) is 0.429. The Labute approximate surface area is 246 Å². The second-order valence-corrected chi connectivity index (χ2v) is 11.2. The van der Waals surface area contributed by atoms with E-state index in [9.17, 15) is 19.7 Å². The highest BCUT2D eigenvalue weighted by Crippen LogP contribution is 2.32. The van der Waals surface area contributed by atoms with E-state index < -0.39 is 28.5 Å². The molecular weight excluding hydrogens is 563 g/mol. The highest BCUT2D eigenvalue weighted by molar-refractivity contribution is 5.90. The average Bonchev–Trinajstić information content (AvgIpc) is 3.63. The number of aromatic nitrogens is 3. The number of carbonyl (C=O) groups excluding carboxylic acids is 2. The van der Waals surface area contributed by atoms with E-state index in [0.717, 1.165) is 32.0 Å². The molecule has 2 amide bonds. The number of nitrogens with zero attached hydrogens (tertiary/aromatic N) is 7. The smallest absolute Gasteiger partial charge is 0.415 e. The summed E-state index contributed by atoms with van der Waals surface area (Å²) in [6.07, 6.45) is 1.95. The summed E-state index contributed by atoms with van der Waals surface area (Å²) in [6.45, 7) is 7.98. The maximum absolute atomic E-state index is 15.2. The lowest BCUT2D eigenvalue weighted by Gasteiger charge is -2.38. The molecule has 14 nitrogen and oxygen atoms in total. The lowest BCUT2D eigenvalue weighted by Crippen LogP contribution is -2.53. The van der Waals surface area contributed by atoms with E-state index in [1.165, 1.54) is 24.1 Å². The summed E-state index contributed by atoms with van der Waals surface area (Å²) in [4.78, 5) is 48.2. The van der Waals surface area contributed by atoms with Crippen molar-refractivity contribution in [2.75, 3.05) is 55.6 Å². The molecule has 0 aliphatic carbocycles. The van der Waals surface area contributed by atoms with E-state index in [1.807, 2.05) is 19.1 Å². The Bertz CT molecular complexity index is 1530. The van der Waals surface area contributed by atoms with Crippen molar-refractivity contribution in [3.8, 4) is 17.1 Å². The Hall–Kier alpha value is -4.79. The normalized spacial score (nSPS) is 21.8. The monoisotopic (exact) mass is 594 g/mol. The zero-order valence-corrected chi connectivity index (χ0v) is 23.7. The molecule has 3 aliphatic heterocycles. The lowest BCUT2D eigenvalue weighted by atomic mass is 10.1. The molecule has 2 fully saturated rings. The number of carbonyl (C=O) groups is 2. The van der Waals surface area contributed by atoms with Gasteiger partial charge >= 0.3 is 17.9 Å². The quantitative estimate of drug-likeness (QED) is 0.305. The molecule has 2 unspecified atom stereocenters. The predicted octanol–water partition coefficient (Wildman–Crippen LogP) is 2.43. The molecule has 5 heterocycles. The van der Waals surface area contributed by atoms with Gasteiger partial charge in [0.25, 0.3) is 0 Å². The summed E-state index contributed by atoms with van der Waals surface area (Å²) in [5, 5.41) is 13.6. The zero-order chi connectivity index (χ0) is 30.3. The first-order valence-electron chi connectivity index (χ1n) is 13.9. The van der Waals surface area contributed by atoms with Gasteiger partial charge in [-0.2, -0.15) is 0 Å². The van der Waals surface area contributed by atoms with Crippen LogP contribution in [0.2, 0.25) is 0 Å². The molecule has 3 aliphatic rings. The van der Waals surface area contributed by atoms with Crippen LogP contribution in [0.4, 0.5) is 26.5 Å². The molecule has 226 valence electrons. The standard InChI is InChI=1S/C28H31FN8O6/c1-18(38)30-13-21-14-36(27(39)42-21)20-4-5-22(23(29)11-20)19-3-6-24(31-12-19)34-9-7-33(8-10-34)16-28(2)17-35-15-25(37(40)41)32-26(35)43-28/h3-6,11-12,15,21H,7-10,13-14,16-17H2,1-2H3,(H,30,38). The van der Waals surface area contributed by atoms with Gasteiger partial charge in [-0.15, -0.1) is 0 Å². The minimum atomic E-state index is -0.586. The number of hydrogen-bond donors (Lipinski definition) is 1. The highest BCUT2D eigenvalue weighted by atomic mass is 19.1. The Morgan fingerprint density at radius 3 is 2.67 bits per heavy atom. The summed E-state index contributed by atoms with van der Waals surface area (Å²) in [6, 6.07) is 8.55. The number of amides is 2. The minimum absolute atomic E-state index is 0.195. The molecule has 0 radical (unpaired) electrons. The van der Waals surface area contributed by atoms with Gasteiger partial charge in [0.15, 0.2) is 0 Å². The van der Waals surface area contributed by atoms with Crippen LogP contribution < -0.4 is 19.9 Å². The van der Waals surface area contributed by atoms with Crippen LogP contribution in [0, 0.1) is 15.9 Å². The molecule has 0 bridgehead atoms. The molecule has 2 atom stereocenters. The van der Waals surface area contributed by atoms with Crippen molar-refractivity contribution in [1.82, 2.24) is 24.8 Å². The van der Waals surface area contributed by atoms with Crippen LogP contribution in [-0.2, 0) is 16.1 Å². The van der Waals surface area contributed by atoms with Gasteiger partial charge in [0.2, 0.25) is 5.91 Å². The van der Waals surface area contributed by atoms with E-state index in [1.54, 1.807) is 22.9 Å². The van der Waals surface area contributed by atoms with Crippen molar-refractivity contribution < 1.29 is 28.4 Å². The highest BCUT2D eigenvalue weighted by Gasteiger charge is 2.42. The van der Waals surface area contributed by atoms with Crippen molar-refractivity contribution in [2.45, 2.75) is 32.1 Å². The van der Waals surface area contributed by atoms with E-state index in [0.29, 0.717) is 29.9 Å². The molecule has 1 aromatic carbocycles. The second-order valence-electron chi connectivity index (χ2n) is 11.2. The number of fused-ring (bicyclic) bond motifs is 1. The van der Waals surface area contributed by atoms with Crippen LogP contribution in [0.3, 0.4) is 0 Å². The number of nitrogens with one attached hydrogen (secondary N) is 1. The summed E-state index contributed by atoms with van der Waals surface area (Å²) in [7, 11) is 0. The maximum Gasteiger partial charge on any atom is 0.415 e. The number of halogens is 1. The molecular formula is C28H31FN8O6. The topological polar surface area (TPSA) is 148 Å². The van der Waals surface area contributed by atoms with Crippen LogP contribution in [0.25, 0.3) is 11.1 Å². The lowest BCUT2D eigenvalue weighted by molar-refractivity contribution is -0.389. The Kier molecular flexibility index (Phi) is 7.33. The van der Waals surface area contributed by atoms with Crippen molar-refractivity contribution in [3.05, 3.63) is 58.7 Å². The van der Waals surface area contributed by atoms with Gasteiger partial charge in [0.05, 0.1) is 25.3 Å². The Balaban J connectivity index is 1.03. The van der Waals surface area contributed by atoms with Crippen molar-refractivity contribution in [2.24, 2.45) is 0 Å². The fourth-order valence-electron chi connectivity index (χ4n) is 5.71. The number of hydrogen-bond acceptors (Lipinski definition) is 10. The zero-order valence-electron chi connectivity index (χ0n) is 23.7. The fourth-order valence-corrected chi connectivity index (χ4v) is 5.71. The van der Waals surface area contributed by atoms with Gasteiger partial charge in [0, 0.05) is 62.0 Å².